The van der Waals surface area contributed by atoms with Crippen LogP contribution in [-0.2, 0) is 0 Å². The van der Waals surface area contributed by atoms with Gasteiger partial charge >= 0.3 is 0 Å². The highest BCUT2D eigenvalue weighted by Gasteiger charge is 2.06. The van der Waals surface area contributed by atoms with Crippen molar-refractivity contribution in [3.8, 4) is 5.75 Å². The average molecular weight is 235 g/mol. The van der Waals surface area contributed by atoms with Crippen molar-refractivity contribution in [2.75, 3.05) is 6.61 Å². The van der Waals surface area contributed by atoms with Crippen LogP contribution in [0, 0.1) is 12.8 Å². The molecule has 2 heteroatoms. The van der Waals surface area contributed by atoms with E-state index >= 15 is 0 Å². The highest BCUT2D eigenvalue weighted by Crippen LogP contribution is 2.22. The third-order valence-corrected chi connectivity index (χ3v) is 3.03. The third-order valence-electron chi connectivity index (χ3n) is 3.03. The second-order valence-electron chi connectivity index (χ2n) is 5.02. The van der Waals surface area contributed by atoms with Gasteiger partial charge in [0.1, 0.15) is 5.75 Å². The van der Waals surface area contributed by atoms with Crippen LogP contribution in [0.15, 0.2) is 18.2 Å². The van der Waals surface area contributed by atoms with E-state index in [1.165, 1.54) is 18.4 Å². The van der Waals surface area contributed by atoms with Gasteiger partial charge in [-0.2, -0.15) is 0 Å². The first-order valence-electron chi connectivity index (χ1n) is 6.53. The number of hydrogen-bond donors (Lipinski definition) is 1. The molecule has 2 atom stereocenters. The molecule has 1 aromatic rings. The Hall–Kier alpha value is -1.02. The first-order chi connectivity index (χ1) is 8.04. The Morgan fingerprint density at radius 1 is 1.29 bits per heavy atom. The van der Waals surface area contributed by atoms with Gasteiger partial charge in [-0.05, 0) is 43.4 Å². The van der Waals surface area contributed by atoms with Gasteiger partial charge in [-0.15, -0.1) is 0 Å². The molecular weight excluding hydrogens is 210 g/mol. The molecule has 0 saturated carbocycles. The van der Waals surface area contributed by atoms with Crippen LogP contribution < -0.4 is 10.5 Å². The number of hydrogen-bond acceptors (Lipinski definition) is 2. The van der Waals surface area contributed by atoms with Gasteiger partial charge in [0.2, 0.25) is 0 Å². The lowest BCUT2D eigenvalue weighted by atomic mass is 10.1. The standard InChI is InChI=1S/C15H25NO/c1-5-6-11(2)10-17-15-8-7-14(13(4)16)9-12(15)3/h7-9,11,13H,5-6,10,16H2,1-4H3. The lowest BCUT2D eigenvalue weighted by molar-refractivity contribution is 0.250. The minimum absolute atomic E-state index is 0.0850. The van der Waals surface area contributed by atoms with E-state index in [9.17, 15) is 0 Å². The van der Waals surface area contributed by atoms with E-state index in [0.29, 0.717) is 5.92 Å². The van der Waals surface area contributed by atoms with Crippen LogP contribution in [0.5, 0.6) is 5.75 Å². The summed E-state index contributed by atoms with van der Waals surface area (Å²) in [6.45, 7) is 9.31. The Morgan fingerprint density at radius 3 is 2.53 bits per heavy atom. The SMILES string of the molecule is CCCC(C)COc1ccc(C(C)N)cc1C. The van der Waals surface area contributed by atoms with Crippen molar-refractivity contribution in [2.24, 2.45) is 11.7 Å². The fraction of sp³-hybridized carbons (Fsp3) is 0.600. The van der Waals surface area contributed by atoms with Crippen molar-refractivity contribution in [3.63, 3.8) is 0 Å². The van der Waals surface area contributed by atoms with Crippen molar-refractivity contribution < 1.29 is 4.74 Å². The molecule has 2 nitrogen and oxygen atoms in total. The van der Waals surface area contributed by atoms with Crippen molar-refractivity contribution in [1.29, 1.82) is 0 Å². The third kappa shape index (κ3) is 4.39. The molecule has 0 bridgehead atoms. The molecule has 17 heavy (non-hydrogen) atoms. The molecule has 0 aromatic heterocycles. The van der Waals surface area contributed by atoms with Crippen LogP contribution in [0.25, 0.3) is 0 Å². The summed E-state index contributed by atoms with van der Waals surface area (Å²) >= 11 is 0. The molecule has 1 aromatic carbocycles. The Bertz CT molecular complexity index is 347. The molecule has 0 amide bonds. The number of rotatable bonds is 6. The van der Waals surface area contributed by atoms with Crippen LogP contribution in [0.4, 0.5) is 0 Å². The molecule has 0 heterocycles. The Kier molecular flexibility index (Phi) is 5.49. The van der Waals surface area contributed by atoms with Crippen molar-refractivity contribution in [2.45, 2.75) is 46.6 Å². The van der Waals surface area contributed by atoms with E-state index < -0.39 is 0 Å². The van der Waals surface area contributed by atoms with E-state index in [1.54, 1.807) is 0 Å². The quantitative estimate of drug-likeness (QED) is 0.813. The van der Waals surface area contributed by atoms with Gasteiger partial charge in [-0.1, -0.05) is 32.4 Å². The predicted molar refractivity (Wildman–Crippen MR) is 73.3 cm³/mol. The summed E-state index contributed by atoms with van der Waals surface area (Å²) < 4.78 is 5.85. The zero-order valence-electron chi connectivity index (χ0n) is 11.5. The summed E-state index contributed by atoms with van der Waals surface area (Å²) in [6, 6.07) is 6.29. The molecule has 0 fully saturated rings. The van der Waals surface area contributed by atoms with Crippen molar-refractivity contribution >= 4 is 0 Å². The largest absolute Gasteiger partial charge is 0.493 e. The molecule has 2 unspecified atom stereocenters. The van der Waals surface area contributed by atoms with Crippen molar-refractivity contribution in [1.82, 2.24) is 0 Å². The van der Waals surface area contributed by atoms with E-state index in [-0.39, 0.29) is 6.04 Å². The first-order valence-corrected chi connectivity index (χ1v) is 6.53. The molecule has 0 saturated heterocycles. The van der Waals surface area contributed by atoms with Gasteiger partial charge in [0.25, 0.3) is 0 Å². The molecule has 96 valence electrons. The Balaban J connectivity index is 2.60. The summed E-state index contributed by atoms with van der Waals surface area (Å²) in [4.78, 5) is 0. The average Bonchev–Trinajstić information content (AvgIpc) is 2.27. The Morgan fingerprint density at radius 2 is 2.00 bits per heavy atom. The minimum Gasteiger partial charge on any atom is -0.493 e. The molecular formula is C15H25NO. The van der Waals surface area contributed by atoms with Crippen LogP contribution >= 0.6 is 0 Å². The van der Waals surface area contributed by atoms with Gasteiger partial charge in [0.15, 0.2) is 0 Å². The second kappa shape index (κ2) is 6.65. The highest BCUT2D eigenvalue weighted by atomic mass is 16.5. The summed E-state index contributed by atoms with van der Waals surface area (Å²) in [5.74, 6) is 1.60. The van der Waals surface area contributed by atoms with Gasteiger partial charge in [-0.3, -0.25) is 0 Å². The van der Waals surface area contributed by atoms with Gasteiger partial charge in [0.05, 0.1) is 6.61 Å². The number of aryl methyl sites for hydroxylation is 1. The van der Waals surface area contributed by atoms with Crippen LogP contribution in [0.1, 0.15) is 50.8 Å². The van der Waals surface area contributed by atoms with E-state index in [1.807, 2.05) is 13.0 Å². The minimum atomic E-state index is 0.0850. The van der Waals surface area contributed by atoms with Gasteiger partial charge in [-0.25, -0.2) is 0 Å². The van der Waals surface area contributed by atoms with Crippen LogP contribution in [0.3, 0.4) is 0 Å². The maximum atomic E-state index is 5.85. The molecule has 0 aliphatic carbocycles. The van der Waals surface area contributed by atoms with Crippen molar-refractivity contribution in [3.05, 3.63) is 29.3 Å². The zero-order chi connectivity index (χ0) is 12.8. The van der Waals surface area contributed by atoms with Gasteiger partial charge < -0.3 is 10.5 Å². The molecule has 0 aliphatic heterocycles. The maximum absolute atomic E-state index is 5.85. The maximum Gasteiger partial charge on any atom is 0.122 e. The predicted octanol–water partition coefficient (Wildman–Crippen LogP) is 3.83. The second-order valence-corrected chi connectivity index (χ2v) is 5.02. The van der Waals surface area contributed by atoms with E-state index in [4.69, 9.17) is 10.5 Å². The smallest absolute Gasteiger partial charge is 0.122 e. The molecule has 0 radical (unpaired) electrons. The normalized spacial score (nSPS) is 14.4. The monoisotopic (exact) mass is 235 g/mol. The van der Waals surface area contributed by atoms with Crippen LogP contribution in [0.2, 0.25) is 0 Å². The summed E-state index contributed by atoms with van der Waals surface area (Å²) in [6.07, 6.45) is 2.43. The molecule has 1 rings (SSSR count). The lowest BCUT2D eigenvalue weighted by Crippen LogP contribution is -2.10. The van der Waals surface area contributed by atoms with Crippen LogP contribution in [-0.4, -0.2) is 6.61 Å². The van der Waals surface area contributed by atoms with E-state index in [2.05, 4.69) is 32.9 Å². The zero-order valence-corrected chi connectivity index (χ0v) is 11.5. The number of nitrogens with two attached hydrogens (primary N) is 1. The summed E-state index contributed by atoms with van der Waals surface area (Å²) in [7, 11) is 0. The summed E-state index contributed by atoms with van der Waals surface area (Å²) in [5.41, 5.74) is 8.19. The first kappa shape index (κ1) is 14.0. The molecule has 0 aliphatic rings. The fourth-order valence-corrected chi connectivity index (χ4v) is 1.93. The fourth-order valence-electron chi connectivity index (χ4n) is 1.93. The summed E-state index contributed by atoms with van der Waals surface area (Å²) in [5, 5.41) is 0. The molecule has 0 spiro atoms. The van der Waals surface area contributed by atoms with E-state index in [0.717, 1.165) is 17.9 Å². The lowest BCUT2D eigenvalue weighted by Gasteiger charge is -2.15. The highest BCUT2D eigenvalue weighted by molar-refractivity contribution is 5.37. The van der Waals surface area contributed by atoms with Gasteiger partial charge in [0, 0.05) is 6.04 Å². The number of benzene rings is 1. The topological polar surface area (TPSA) is 35.2 Å². The Labute approximate surface area is 105 Å². The molecule has 2 N–H and O–H groups in total. The number of ether oxygens (including phenoxy) is 1.